The van der Waals surface area contributed by atoms with Crippen LogP contribution in [0.25, 0.3) is 0 Å². The van der Waals surface area contributed by atoms with E-state index < -0.39 is 75.1 Å². The molecule has 0 amide bonds. The van der Waals surface area contributed by atoms with E-state index in [0.717, 1.165) is 0 Å². The summed E-state index contributed by atoms with van der Waals surface area (Å²) in [5.74, 6) is -9.49. The van der Waals surface area contributed by atoms with Crippen molar-refractivity contribution in [3.8, 4) is 0 Å². The van der Waals surface area contributed by atoms with Gasteiger partial charge in [0.05, 0.1) is 35.8 Å². The van der Waals surface area contributed by atoms with Crippen molar-refractivity contribution in [1.82, 2.24) is 16.0 Å². The molecule has 14 N–H and O–H groups in total. The maximum Gasteiger partial charge on any atom is 4.00 e. The Balaban J connectivity index is -0.0000000671. The molecule has 0 rings (SSSR count). The molecule has 0 saturated carbocycles. The molecule has 34 heavy (non-hydrogen) atoms. The fourth-order valence-corrected chi connectivity index (χ4v) is 1.43. The van der Waals surface area contributed by atoms with Gasteiger partial charge in [-0.3, -0.25) is 26.7 Å². The van der Waals surface area contributed by atoms with Crippen LogP contribution in [0.1, 0.15) is 0 Å². The van der Waals surface area contributed by atoms with Gasteiger partial charge in [-0.05, 0) is 0 Å². The summed E-state index contributed by atoms with van der Waals surface area (Å²) < 4.78 is 0. The van der Waals surface area contributed by atoms with Crippen molar-refractivity contribution in [2.75, 3.05) is 39.3 Å². The molecule has 0 radical (unpaired) electrons. The fourth-order valence-electron chi connectivity index (χ4n) is 1.43. The van der Waals surface area contributed by atoms with Crippen molar-refractivity contribution in [1.29, 1.82) is 0 Å². The number of hydrogen-bond acceptors (Lipinski definition) is 14. The molecule has 0 fully saturated rings. The average molecular weight is 582 g/mol. The summed E-state index contributed by atoms with van der Waals surface area (Å²) in [5.41, 5.74) is 9.17. The van der Waals surface area contributed by atoms with Crippen LogP contribution < -0.4 is 53.7 Å². The average Bonchev–Trinajstić information content (AvgIpc) is 2.42. The van der Waals surface area contributed by atoms with Crippen LogP contribution in [0.5, 0.6) is 0 Å². The molecule has 0 atom stereocenters. The molecule has 21 heteroatoms. The van der Waals surface area contributed by atoms with Crippen LogP contribution >= 0.6 is 0 Å². The smallest absolute Gasteiger partial charge is 0.549 e. The summed E-state index contributed by atoms with van der Waals surface area (Å²) in [6.45, 7) is -4.74. The molecule has 0 bridgehead atoms. The van der Waals surface area contributed by atoms with Gasteiger partial charge in [0.1, 0.15) is 0 Å². The third kappa shape index (κ3) is 51.4. The number of carbonyl (C=O) groups is 6. The van der Waals surface area contributed by atoms with Gasteiger partial charge in [-0.2, -0.15) is 0 Å². The third-order valence-corrected chi connectivity index (χ3v) is 2.12. The Kier molecular flexibility index (Phi) is 39.5. The molecule has 0 aromatic heterocycles. The predicted octanol–water partition coefficient (Wildman–Crippen LogP) is -15.2. The minimum Gasteiger partial charge on any atom is -0.549 e. The monoisotopic (exact) mass is 580 g/mol. The van der Waals surface area contributed by atoms with Crippen LogP contribution in [0.15, 0.2) is 0 Å². The molecule has 0 aromatic carbocycles. The first-order valence-electron chi connectivity index (χ1n) is 7.33. The molecule has 20 nitrogen and oxygen atoms in total. The van der Waals surface area contributed by atoms with Crippen molar-refractivity contribution in [2.24, 2.45) is 11.5 Å². The van der Waals surface area contributed by atoms with Gasteiger partial charge in [0.2, 0.25) is 0 Å². The maximum absolute atomic E-state index is 9.99. The molecule has 0 aliphatic rings. The molecule has 0 saturated heterocycles. The van der Waals surface area contributed by atoms with Gasteiger partial charge in [-0.1, -0.05) is 0 Å². The van der Waals surface area contributed by atoms with E-state index in [1.807, 2.05) is 0 Å². The summed E-state index contributed by atoms with van der Waals surface area (Å²) in [4.78, 5) is 61.2. The number of carboxylic acids is 6. The first-order chi connectivity index (χ1) is 13.6. The number of nitrogens with two attached hydrogens (primary N) is 3. The maximum atomic E-state index is 9.99. The van der Waals surface area contributed by atoms with Crippen LogP contribution in [-0.4, -0.2) is 102 Å². The van der Waals surface area contributed by atoms with Crippen LogP contribution in [0.2, 0.25) is 0 Å². The van der Waals surface area contributed by atoms with Gasteiger partial charge < -0.3 is 76.5 Å². The molecule has 0 aromatic rings. The third-order valence-electron chi connectivity index (χ3n) is 2.12. The summed E-state index contributed by atoms with van der Waals surface area (Å²) in [7, 11) is 0. The molecule has 0 spiro atoms. The van der Waals surface area contributed by atoms with E-state index >= 15 is 0 Å². The zero-order valence-electron chi connectivity index (χ0n) is 17.8. The molecule has 196 valence electrons. The zero-order chi connectivity index (χ0) is 24.4. The number of hydrogen-bond donors (Lipinski definition) is 4. The summed E-state index contributed by atoms with van der Waals surface area (Å²) in [5, 5.41) is 64.5. The molecule has 0 aliphatic heterocycles. The minimum atomic E-state index is -1.57. The Morgan fingerprint density at radius 1 is 0.529 bits per heavy atom. The van der Waals surface area contributed by atoms with Crippen molar-refractivity contribution < 1.29 is 102 Å². The molecular formula is C13H26N6O14Zr. The topological polar surface area (TPSA) is 424 Å². The van der Waals surface area contributed by atoms with E-state index in [-0.39, 0.29) is 49.3 Å². The summed E-state index contributed by atoms with van der Waals surface area (Å²) >= 11 is 0. The number of aliphatic carboxylic acids is 6. The number of carbonyl (C=O) groups excluding carboxylic acids is 6. The number of nitrogens with zero attached hydrogens (tertiary/aromatic N) is 2. The van der Waals surface area contributed by atoms with E-state index in [0.29, 0.717) is 9.80 Å². The van der Waals surface area contributed by atoms with Crippen LogP contribution in [-0.2, 0) is 55.0 Å². The SMILES string of the molecule is NC(N)=[NH2+].O.O.O=C([O-])CN(CC(=O)[O-])CC(=O)[O-].O=C([O-])CN(CC(=O)[O-])CC(=O)[O-].[NH4+].[Zr+4]. The zero-order valence-corrected chi connectivity index (χ0v) is 20.2. The number of carboxylic acid groups (broad SMARTS) is 6. The van der Waals surface area contributed by atoms with Gasteiger partial charge in [0, 0.05) is 39.3 Å². The van der Waals surface area contributed by atoms with Crippen molar-refractivity contribution in [3.05, 3.63) is 0 Å². The van der Waals surface area contributed by atoms with E-state index in [4.69, 9.17) is 0 Å². The van der Waals surface area contributed by atoms with Crippen molar-refractivity contribution in [2.45, 2.75) is 0 Å². The summed E-state index contributed by atoms with van der Waals surface area (Å²) in [6, 6.07) is 0. The largest absolute Gasteiger partial charge is 4.00 e. The van der Waals surface area contributed by atoms with E-state index in [1.54, 1.807) is 0 Å². The van der Waals surface area contributed by atoms with Crippen molar-refractivity contribution in [3.63, 3.8) is 0 Å². The van der Waals surface area contributed by atoms with Crippen LogP contribution in [0.4, 0.5) is 0 Å². The van der Waals surface area contributed by atoms with Crippen LogP contribution in [0.3, 0.4) is 0 Å². The molecule has 0 unspecified atom stereocenters. The Morgan fingerprint density at radius 3 is 0.676 bits per heavy atom. The Bertz CT molecular complexity index is 522. The van der Waals surface area contributed by atoms with Gasteiger partial charge in [-0.15, -0.1) is 0 Å². The summed E-state index contributed by atoms with van der Waals surface area (Å²) in [6.07, 6.45) is 0. The van der Waals surface area contributed by atoms with Crippen molar-refractivity contribution >= 4 is 41.8 Å². The van der Waals surface area contributed by atoms with E-state index in [2.05, 4.69) is 16.9 Å². The second kappa shape index (κ2) is 27.8. The fraction of sp³-hybridized carbons (Fsp3) is 0.462. The Hall–Kier alpha value is -3.23. The van der Waals surface area contributed by atoms with E-state index in [9.17, 15) is 59.4 Å². The van der Waals surface area contributed by atoms with Gasteiger partial charge in [-0.25, -0.2) is 0 Å². The quantitative estimate of drug-likeness (QED) is 0.123. The predicted molar refractivity (Wildman–Crippen MR) is 91.4 cm³/mol. The molecular weight excluding hydrogens is 555 g/mol. The van der Waals surface area contributed by atoms with Gasteiger partial charge >= 0.3 is 32.2 Å². The number of quaternary nitrogens is 1. The second-order valence-corrected chi connectivity index (χ2v) is 5.02. The Morgan fingerprint density at radius 2 is 0.618 bits per heavy atom. The Labute approximate surface area is 210 Å². The number of guanidine groups is 1. The first-order valence-corrected chi connectivity index (χ1v) is 7.33. The number of rotatable bonds is 12. The van der Waals surface area contributed by atoms with Gasteiger partial charge in [0.25, 0.3) is 0 Å². The second-order valence-electron chi connectivity index (χ2n) is 5.02. The minimum absolute atomic E-state index is 0. The van der Waals surface area contributed by atoms with Crippen LogP contribution in [0, 0.1) is 0 Å². The normalized spacial score (nSPS) is 8.29. The first kappa shape index (κ1) is 48.3. The molecule has 0 heterocycles. The van der Waals surface area contributed by atoms with E-state index in [1.165, 1.54) is 0 Å². The van der Waals surface area contributed by atoms with Gasteiger partial charge in [0.15, 0.2) is 0 Å². The standard InChI is InChI=1S/2C6H9NO6.CH5N3.H3N.2H2O.Zr/c2*8-4(9)1-7(2-5(10)11)3-6(12)13;2-1(3)4;;;;/h2*1-3H2,(H,8,9)(H,10,11)(H,12,13);(H5,2,3,4);1H3;2*1H2;/q;;;;;;+4/p-4. The molecule has 0 aliphatic carbocycles.